The Morgan fingerprint density at radius 2 is 1.96 bits per heavy atom. The molecule has 0 unspecified atom stereocenters. The largest absolute Gasteiger partial charge is 0.454 e. The van der Waals surface area contributed by atoms with E-state index in [4.69, 9.17) is 9.47 Å². The van der Waals surface area contributed by atoms with Gasteiger partial charge in [0.15, 0.2) is 11.5 Å². The standard InChI is InChI=1S/C20H17NO3S/c22-20(19-10-14-3-1-2-4-18(14)25-19)21-8-7-15(11-21)13-5-6-16-17(9-13)24-12-23-16/h1-6,9-10,15H,7-8,11-12H2/t15-/m1/s1. The number of hydrogen-bond donors (Lipinski definition) is 0. The SMILES string of the molecule is O=C(c1cc2ccccc2s1)N1CC[C@@H](c2ccc3c(c2)OCO3)C1. The van der Waals surface area contributed by atoms with E-state index >= 15 is 0 Å². The molecule has 126 valence electrons. The number of nitrogens with zero attached hydrogens (tertiary/aromatic N) is 1. The topological polar surface area (TPSA) is 38.8 Å². The van der Waals surface area contributed by atoms with Crippen molar-refractivity contribution in [3.8, 4) is 11.5 Å². The lowest BCUT2D eigenvalue weighted by molar-refractivity contribution is 0.0795. The van der Waals surface area contributed by atoms with Gasteiger partial charge in [-0.25, -0.2) is 0 Å². The fourth-order valence-corrected chi connectivity index (χ4v) is 4.66. The molecule has 0 bridgehead atoms. The highest BCUT2D eigenvalue weighted by Crippen LogP contribution is 2.37. The zero-order valence-corrected chi connectivity index (χ0v) is 14.4. The van der Waals surface area contributed by atoms with Crippen LogP contribution in [0.2, 0.25) is 0 Å². The van der Waals surface area contributed by atoms with E-state index in [1.807, 2.05) is 29.2 Å². The highest BCUT2D eigenvalue weighted by atomic mass is 32.1. The van der Waals surface area contributed by atoms with Crippen molar-refractivity contribution in [2.24, 2.45) is 0 Å². The summed E-state index contributed by atoms with van der Waals surface area (Å²) in [6.45, 7) is 1.85. The Morgan fingerprint density at radius 3 is 2.88 bits per heavy atom. The molecule has 3 heterocycles. The van der Waals surface area contributed by atoms with Gasteiger partial charge in [0.25, 0.3) is 5.91 Å². The van der Waals surface area contributed by atoms with Crippen molar-refractivity contribution in [2.45, 2.75) is 12.3 Å². The Bertz CT molecular complexity index is 931. The smallest absolute Gasteiger partial charge is 0.263 e. The van der Waals surface area contributed by atoms with Crippen molar-refractivity contribution >= 4 is 27.3 Å². The summed E-state index contributed by atoms with van der Waals surface area (Å²) in [5.74, 6) is 2.11. The predicted molar refractivity (Wildman–Crippen MR) is 97.7 cm³/mol. The number of ether oxygens (including phenoxy) is 2. The molecule has 5 heteroatoms. The van der Waals surface area contributed by atoms with Crippen LogP contribution in [0.5, 0.6) is 11.5 Å². The maximum absolute atomic E-state index is 12.9. The summed E-state index contributed by atoms with van der Waals surface area (Å²) in [6, 6.07) is 16.3. The second kappa shape index (κ2) is 5.77. The van der Waals surface area contributed by atoms with Gasteiger partial charge in [-0.15, -0.1) is 11.3 Å². The number of fused-ring (bicyclic) bond motifs is 2. The zero-order valence-electron chi connectivity index (χ0n) is 13.6. The van der Waals surface area contributed by atoms with Crippen molar-refractivity contribution in [2.75, 3.05) is 19.9 Å². The van der Waals surface area contributed by atoms with Crippen molar-refractivity contribution in [1.29, 1.82) is 0 Å². The Morgan fingerprint density at radius 1 is 1.08 bits per heavy atom. The Hall–Kier alpha value is -2.53. The van der Waals surface area contributed by atoms with Gasteiger partial charge in [0.2, 0.25) is 6.79 Å². The first-order valence-corrected chi connectivity index (χ1v) is 9.27. The van der Waals surface area contributed by atoms with E-state index in [1.54, 1.807) is 11.3 Å². The summed E-state index contributed by atoms with van der Waals surface area (Å²) in [6.07, 6.45) is 0.982. The first-order valence-electron chi connectivity index (χ1n) is 8.45. The molecule has 0 radical (unpaired) electrons. The number of carbonyl (C=O) groups is 1. The number of hydrogen-bond acceptors (Lipinski definition) is 4. The van der Waals surface area contributed by atoms with Crippen LogP contribution in [-0.4, -0.2) is 30.7 Å². The molecule has 2 aromatic carbocycles. The number of likely N-dealkylation sites (tertiary alicyclic amines) is 1. The molecular weight excluding hydrogens is 334 g/mol. The molecule has 25 heavy (non-hydrogen) atoms. The molecule has 4 nitrogen and oxygen atoms in total. The minimum Gasteiger partial charge on any atom is -0.454 e. The number of thiophene rings is 1. The highest BCUT2D eigenvalue weighted by molar-refractivity contribution is 7.20. The maximum atomic E-state index is 12.9. The van der Waals surface area contributed by atoms with E-state index in [9.17, 15) is 4.79 Å². The lowest BCUT2D eigenvalue weighted by Gasteiger charge is -2.16. The average molecular weight is 351 g/mol. The van der Waals surface area contributed by atoms with Crippen LogP contribution in [0.1, 0.15) is 27.6 Å². The summed E-state index contributed by atoms with van der Waals surface area (Å²) in [5.41, 5.74) is 1.22. The second-order valence-electron chi connectivity index (χ2n) is 6.50. The van der Waals surface area contributed by atoms with E-state index in [2.05, 4.69) is 24.3 Å². The van der Waals surface area contributed by atoms with Crippen LogP contribution in [0.3, 0.4) is 0 Å². The summed E-state index contributed by atoms with van der Waals surface area (Å²) in [4.78, 5) is 15.7. The van der Waals surface area contributed by atoms with Crippen molar-refractivity contribution in [3.63, 3.8) is 0 Å². The van der Waals surface area contributed by atoms with E-state index in [1.165, 1.54) is 5.56 Å². The first kappa shape index (κ1) is 14.8. The van der Waals surface area contributed by atoms with Crippen LogP contribution < -0.4 is 9.47 Å². The lowest BCUT2D eigenvalue weighted by Crippen LogP contribution is -2.27. The number of amides is 1. The average Bonchev–Trinajstić information content (AvgIpc) is 3.38. The molecule has 2 aliphatic heterocycles. The Labute approximate surface area is 149 Å². The number of rotatable bonds is 2. The van der Waals surface area contributed by atoms with Gasteiger partial charge < -0.3 is 14.4 Å². The summed E-state index contributed by atoms with van der Waals surface area (Å²) >= 11 is 1.58. The Kier molecular flexibility index (Phi) is 3.41. The van der Waals surface area contributed by atoms with Gasteiger partial charge in [-0.05, 0) is 41.6 Å². The number of carbonyl (C=O) groups excluding carboxylic acids is 1. The van der Waals surface area contributed by atoms with Crippen LogP contribution in [0.25, 0.3) is 10.1 Å². The van der Waals surface area contributed by atoms with Crippen LogP contribution in [0.4, 0.5) is 0 Å². The van der Waals surface area contributed by atoms with Gasteiger partial charge in [0.05, 0.1) is 4.88 Å². The summed E-state index contributed by atoms with van der Waals surface area (Å²) < 4.78 is 12.0. The van der Waals surface area contributed by atoms with Crippen LogP contribution in [0, 0.1) is 0 Å². The van der Waals surface area contributed by atoms with Crippen LogP contribution in [-0.2, 0) is 0 Å². The van der Waals surface area contributed by atoms with E-state index in [0.717, 1.165) is 46.0 Å². The lowest BCUT2D eigenvalue weighted by atomic mass is 9.98. The van der Waals surface area contributed by atoms with Gasteiger partial charge in [-0.3, -0.25) is 4.79 Å². The predicted octanol–water partition coefficient (Wildman–Crippen LogP) is 4.26. The highest BCUT2D eigenvalue weighted by Gasteiger charge is 2.29. The third-order valence-corrected chi connectivity index (χ3v) is 6.08. The molecule has 5 rings (SSSR count). The third-order valence-electron chi connectivity index (χ3n) is 4.98. The van der Waals surface area contributed by atoms with Crippen molar-refractivity contribution in [3.05, 3.63) is 59.0 Å². The molecule has 0 spiro atoms. The van der Waals surface area contributed by atoms with Crippen molar-refractivity contribution in [1.82, 2.24) is 4.90 Å². The third kappa shape index (κ3) is 2.55. The van der Waals surface area contributed by atoms with Gasteiger partial charge in [-0.1, -0.05) is 24.3 Å². The molecular formula is C20H17NO3S. The molecule has 1 amide bonds. The summed E-state index contributed by atoms with van der Waals surface area (Å²) in [5, 5.41) is 1.14. The van der Waals surface area contributed by atoms with Gasteiger partial charge in [0.1, 0.15) is 0 Å². The number of benzene rings is 2. The minimum atomic E-state index is 0.143. The van der Waals surface area contributed by atoms with E-state index < -0.39 is 0 Å². The molecule has 0 aliphatic carbocycles. The van der Waals surface area contributed by atoms with Crippen LogP contribution >= 0.6 is 11.3 Å². The molecule has 1 saturated heterocycles. The maximum Gasteiger partial charge on any atom is 0.263 e. The zero-order chi connectivity index (χ0) is 16.8. The molecule has 3 aromatic rings. The molecule has 1 atom stereocenters. The van der Waals surface area contributed by atoms with Crippen molar-refractivity contribution < 1.29 is 14.3 Å². The molecule has 1 fully saturated rings. The fourth-order valence-electron chi connectivity index (χ4n) is 3.63. The molecule has 1 aromatic heterocycles. The first-order chi connectivity index (χ1) is 12.3. The molecule has 2 aliphatic rings. The van der Waals surface area contributed by atoms with Gasteiger partial charge >= 0.3 is 0 Å². The van der Waals surface area contributed by atoms with E-state index in [0.29, 0.717) is 12.7 Å². The van der Waals surface area contributed by atoms with Gasteiger partial charge in [0, 0.05) is 23.7 Å². The minimum absolute atomic E-state index is 0.143. The quantitative estimate of drug-likeness (QED) is 0.692. The fraction of sp³-hybridized carbons (Fsp3) is 0.250. The monoisotopic (exact) mass is 351 g/mol. The summed E-state index contributed by atoms with van der Waals surface area (Å²) in [7, 11) is 0. The van der Waals surface area contributed by atoms with E-state index in [-0.39, 0.29) is 5.91 Å². The second-order valence-corrected chi connectivity index (χ2v) is 7.58. The van der Waals surface area contributed by atoms with Crippen LogP contribution in [0.15, 0.2) is 48.5 Å². The molecule has 0 N–H and O–H groups in total. The molecule has 0 saturated carbocycles. The normalized spacial score (nSPS) is 18.9. The Balaban J connectivity index is 1.35. The van der Waals surface area contributed by atoms with Gasteiger partial charge in [-0.2, -0.15) is 0 Å².